The van der Waals surface area contributed by atoms with Crippen molar-refractivity contribution in [2.75, 3.05) is 13.2 Å². The minimum atomic E-state index is -4.72. The third kappa shape index (κ3) is 5.87. The first kappa shape index (κ1) is 26.7. The molecule has 2 aromatic rings. The molecule has 34 heavy (non-hydrogen) atoms. The summed E-state index contributed by atoms with van der Waals surface area (Å²) in [7, 11) is 0. The molecule has 0 spiro atoms. The Bertz CT molecular complexity index is 1080. The molecule has 0 saturated heterocycles. The highest BCUT2D eigenvalue weighted by Gasteiger charge is 2.54. The SMILES string of the molecule is C[C@]1(c2cc(CC(=O)c3cnc(C(F)(F)F)cn3)ccc2F)N=C(N)COCC1(F)F.O=CO. The van der Waals surface area contributed by atoms with Gasteiger partial charge in [-0.05, 0) is 24.6 Å². The van der Waals surface area contributed by atoms with Gasteiger partial charge in [-0.3, -0.25) is 14.6 Å². The van der Waals surface area contributed by atoms with Gasteiger partial charge in [0.1, 0.15) is 30.6 Å². The van der Waals surface area contributed by atoms with Crippen LogP contribution in [0.4, 0.5) is 26.3 Å². The number of amidine groups is 1. The zero-order valence-corrected chi connectivity index (χ0v) is 17.4. The number of Topliss-reactive ketones (excluding diaryl/α,β-unsaturated/α-hetero) is 1. The second-order valence-corrected chi connectivity index (χ2v) is 7.18. The molecule has 0 amide bonds. The van der Waals surface area contributed by atoms with Gasteiger partial charge in [-0.15, -0.1) is 0 Å². The number of hydrogen-bond donors (Lipinski definition) is 2. The Morgan fingerprint density at radius 1 is 1.26 bits per heavy atom. The number of ether oxygens (including phenoxy) is 1. The zero-order valence-electron chi connectivity index (χ0n) is 17.4. The van der Waals surface area contributed by atoms with Crippen molar-refractivity contribution in [2.45, 2.75) is 31.0 Å². The van der Waals surface area contributed by atoms with Gasteiger partial charge in [0, 0.05) is 12.0 Å². The highest BCUT2D eigenvalue weighted by atomic mass is 19.4. The van der Waals surface area contributed by atoms with E-state index in [1.807, 2.05) is 0 Å². The molecule has 0 saturated carbocycles. The fourth-order valence-electron chi connectivity index (χ4n) is 3.03. The average Bonchev–Trinajstić information content (AvgIpc) is 2.84. The van der Waals surface area contributed by atoms with E-state index in [4.69, 9.17) is 20.4 Å². The molecule has 2 heterocycles. The van der Waals surface area contributed by atoms with E-state index in [1.54, 1.807) is 0 Å². The molecule has 0 aliphatic carbocycles. The highest BCUT2D eigenvalue weighted by Crippen LogP contribution is 2.43. The maximum Gasteiger partial charge on any atom is 0.434 e. The number of benzene rings is 1. The van der Waals surface area contributed by atoms with Crippen molar-refractivity contribution in [1.29, 1.82) is 0 Å². The van der Waals surface area contributed by atoms with E-state index < -0.39 is 53.5 Å². The van der Waals surface area contributed by atoms with Gasteiger partial charge < -0.3 is 15.6 Å². The van der Waals surface area contributed by atoms with Crippen LogP contribution in [0.3, 0.4) is 0 Å². The van der Waals surface area contributed by atoms with Gasteiger partial charge in [0.2, 0.25) is 0 Å². The first-order chi connectivity index (χ1) is 15.7. The number of aromatic nitrogens is 2. The number of carboxylic acid groups (broad SMARTS) is 1. The molecule has 0 radical (unpaired) electrons. The van der Waals surface area contributed by atoms with Gasteiger partial charge in [0.15, 0.2) is 17.0 Å². The summed E-state index contributed by atoms with van der Waals surface area (Å²) in [6, 6.07) is 3.13. The van der Waals surface area contributed by atoms with Crippen LogP contribution in [0.5, 0.6) is 0 Å². The van der Waals surface area contributed by atoms with Crippen LogP contribution < -0.4 is 5.73 Å². The Morgan fingerprint density at radius 3 is 2.47 bits per heavy atom. The fraction of sp³-hybridized carbons (Fsp3) is 0.350. The summed E-state index contributed by atoms with van der Waals surface area (Å²) >= 11 is 0. The third-order valence-corrected chi connectivity index (χ3v) is 4.76. The van der Waals surface area contributed by atoms with Crippen LogP contribution in [0.1, 0.15) is 34.2 Å². The summed E-state index contributed by atoms with van der Waals surface area (Å²) in [6.07, 6.45) is -4.08. The van der Waals surface area contributed by atoms with Gasteiger partial charge >= 0.3 is 6.18 Å². The van der Waals surface area contributed by atoms with E-state index >= 15 is 0 Å². The quantitative estimate of drug-likeness (QED) is 0.382. The molecule has 1 aromatic heterocycles. The lowest BCUT2D eigenvalue weighted by Crippen LogP contribution is -2.45. The molecule has 3 N–H and O–H groups in total. The Morgan fingerprint density at radius 2 is 1.91 bits per heavy atom. The van der Waals surface area contributed by atoms with E-state index in [0.29, 0.717) is 12.4 Å². The van der Waals surface area contributed by atoms with Gasteiger partial charge in [-0.25, -0.2) is 23.1 Å². The van der Waals surface area contributed by atoms with Crippen molar-refractivity contribution in [3.8, 4) is 0 Å². The maximum absolute atomic E-state index is 14.7. The lowest BCUT2D eigenvalue weighted by molar-refractivity contribution is -0.141. The molecule has 0 unspecified atom stereocenters. The third-order valence-electron chi connectivity index (χ3n) is 4.76. The molecule has 3 rings (SSSR count). The molecule has 1 aliphatic heterocycles. The Labute approximate surface area is 188 Å². The smallest absolute Gasteiger partial charge is 0.434 e. The topological polar surface area (TPSA) is 128 Å². The lowest BCUT2D eigenvalue weighted by atomic mass is 9.84. The van der Waals surface area contributed by atoms with Crippen molar-refractivity contribution in [3.05, 3.63) is 58.9 Å². The normalized spacial score (nSPS) is 19.8. The first-order valence-electron chi connectivity index (χ1n) is 9.34. The van der Waals surface area contributed by atoms with Crippen LogP contribution in [0.2, 0.25) is 0 Å². The number of alkyl halides is 5. The summed E-state index contributed by atoms with van der Waals surface area (Å²) < 4.78 is 86.4. The molecule has 0 fully saturated rings. The molecule has 8 nitrogen and oxygen atoms in total. The maximum atomic E-state index is 14.7. The first-order valence-corrected chi connectivity index (χ1v) is 9.34. The highest BCUT2D eigenvalue weighted by molar-refractivity contribution is 5.95. The van der Waals surface area contributed by atoms with Gasteiger partial charge in [-0.2, -0.15) is 13.2 Å². The number of hydrogen-bond acceptors (Lipinski definition) is 7. The monoisotopic (exact) mass is 492 g/mol. The number of carbonyl (C=O) groups is 2. The molecular weight excluding hydrogens is 474 g/mol. The molecule has 1 atom stereocenters. The number of ketones is 1. The minimum Gasteiger partial charge on any atom is -0.483 e. The standard InChI is InChI=1S/C19H16F6N4O2.CH2O2/c1-17(18(21,22)9-31-8-16(26)29-17)11-4-10(2-3-12(11)20)5-14(30)13-6-28-15(7-27-13)19(23,24)25;2-1-3/h2-4,6-7H,5,8-9H2,1H3,(H2,26,29);1H,(H,2,3)/t17-;/m1./s1. The summed E-state index contributed by atoms with van der Waals surface area (Å²) in [5, 5.41) is 6.89. The molecule has 184 valence electrons. The van der Waals surface area contributed by atoms with Crippen molar-refractivity contribution < 1.29 is 45.8 Å². The van der Waals surface area contributed by atoms with E-state index in [1.165, 1.54) is 6.07 Å². The summed E-state index contributed by atoms with van der Waals surface area (Å²) in [4.78, 5) is 31.1. The van der Waals surface area contributed by atoms with Crippen molar-refractivity contribution in [2.24, 2.45) is 10.7 Å². The average molecular weight is 492 g/mol. The zero-order chi connectivity index (χ0) is 25.7. The fourth-order valence-corrected chi connectivity index (χ4v) is 3.03. The summed E-state index contributed by atoms with van der Waals surface area (Å²) in [5.41, 5.74) is 1.17. The molecule has 1 aromatic carbocycles. The summed E-state index contributed by atoms with van der Waals surface area (Å²) in [6.45, 7) is -0.644. The number of rotatable bonds is 4. The van der Waals surface area contributed by atoms with Gasteiger partial charge in [0.25, 0.3) is 12.4 Å². The summed E-state index contributed by atoms with van der Waals surface area (Å²) in [5.74, 6) is -5.59. The molecule has 14 heteroatoms. The Hall–Kier alpha value is -3.55. The van der Waals surface area contributed by atoms with Gasteiger partial charge in [-0.1, -0.05) is 6.07 Å². The van der Waals surface area contributed by atoms with E-state index in [9.17, 15) is 31.1 Å². The minimum absolute atomic E-state index is 0.124. The van der Waals surface area contributed by atoms with Crippen molar-refractivity contribution in [1.82, 2.24) is 9.97 Å². The number of nitrogens with zero attached hydrogens (tertiary/aromatic N) is 3. The van der Waals surface area contributed by atoms with Crippen LogP contribution in [0.25, 0.3) is 0 Å². The second-order valence-electron chi connectivity index (χ2n) is 7.18. The molecule has 1 aliphatic rings. The number of carbonyl (C=O) groups excluding carboxylic acids is 1. The van der Waals surface area contributed by atoms with Crippen LogP contribution in [0, 0.1) is 5.82 Å². The number of aliphatic imine (C=N–C) groups is 1. The second kappa shape index (κ2) is 10.2. The number of halogens is 6. The largest absolute Gasteiger partial charge is 0.483 e. The Kier molecular flexibility index (Phi) is 7.97. The van der Waals surface area contributed by atoms with E-state index in [2.05, 4.69) is 15.0 Å². The lowest BCUT2D eigenvalue weighted by Gasteiger charge is -2.33. The van der Waals surface area contributed by atoms with Crippen LogP contribution in [-0.2, 0) is 27.7 Å². The van der Waals surface area contributed by atoms with Crippen molar-refractivity contribution in [3.63, 3.8) is 0 Å². The molecular formula is C20H18F6N4O4. The Balaban J connectivity index is 0.00000129. The van der Waals surface area contributed by atoms with Crippen LogP contribution in [-0.4, -0.2) is 52.3 Å². The van der Waals surface area contributed by atoms with Gasteiger partial charge in [0.05, 0.1) is 12.4 Å². The van der Waals surface area contributed by atoms with Crippen molar-refractivity contribution >= 4 is 18.1 Å². The van der Waals surface area contributed by atoms with E-state index in [0.717, 1.165) is 19.1 Å². The number of nitrogens with two attached hydrogens (primary N) is 1. The predicted molar refractivity (Wildman–Crippen MR) is 105 cm³/mol. The predicted octanol–water partition coefficient (Wildman–Crippen LogP) is 3.00. The van der Waals surface area contributed by atoms with Crippen LogP contribution in [0.15, 0.2) is 35.6 Å². The van der Waals surface area contributed by atoms with Crippen LogP contribution >= 0.6 is 0 Å². The van der Waals surface area contributed by atoms with E-state index in [-0.39, 0.29) is 30.2 Å². The molecule has 0 bridgehead atoms.